The average Bonchev–Trinajstić information content (AvgIpc) is 3.32. The molecule has 4 aromatic rings. The molecule has 0 saturated carbocycles. The summed E-state index contributed by atoms with van der Waals surface area (Å²) in [6.07, 6.45) is 3.38. The summed E-state index contributed by atoms with van der Waals surface area (Å²) in [4.78, 5) is 32.8. The molecular weight excluding hydrogens is 438 g/mol. The van der Waals surface area contributed by atoms with Crippen LogP contribution in [0.2, 0.25) is 0 Å². The largest absolute Gasteiger partial charge is 0.494 e. The molecule has 0 bridgehead atoms. The van der Waals surface area contributed by atoms with Crippen molar-refractivity contribution in [2.45, 2.75) is 24.9 Å². The summed E-state index contributed by atoms with van der Waals surface area (Å²) in [6.45, 7) is 3.17. The van der Waals surface area contributed by atoms with E-state index < -0.39 is 0 Å². The van der Waals surface area contributed by atoms with Crippen LogP contribution in [0.3, 0.4) is 0 Å². The van der Waals surface area contributed by atoms with Crippen molar-refractivity contribution in [3.63, 3.8) is 0 Å². The highest BCUT2D eigenvalue weighted by molar-refractivity contribution is 7.99. The van der Waals surface area contributed by atoms with Crippen molar-refractivity contribution in [1.82, 2.24) is 19.7 Å². The molecule has 0 fully saturated rings. The highest BCUT2D eigenvalue weighted by Gasteiger charge is 2.23. The van der Waals surface area contributed by atoms with Gasteiger partial charge in [-0.2, -0.15) is 5.10 Å². The molecule has 0 atom stereocenters. The number of hydrogen-bond acceptors (Lipinski definition) is 6. The third-order valence-electron chi connectivity index (χ3n) is 5.59. The Morgan fingerprint density at radius 1 is 1.18 bits per heavy atom. The van der Waals surface area contributed by atoms with Crippen LogP contribution >= 0.6 is 11.8 Å². The zero-order chi connectivity index (χ0) is 22.8. The lowest BCUT2D eigenvalue weighted by molar-refractivity contribution is -0.116. The van der Waals surface area contributed by atoms with Crippen molar-refractivity contribution >= 4 is 34.4 Å². The summed E-state index contributed by atoms with van der Waals surface area (Å²) in [5, 5.41) is 7.55. The Morgan fingerprint density at radius 2 is 2.00 bits per heavy atom. The number of benzene rings is 2. The first-order valence-electron chi connectivity index (χ1n) is 10.9. The van der Waals surface area contributed by atoms with Crippen molar-refractivity contribution in [3.8, 4) is 11.4 Å². The van der Waals surface area contributed by atoms with E-state index in [1.165, 1.54) is 28.1 Å². The molecular formula is C24H23N5O3S. The number of rotatable bonds is 6. The number of amides is 1. The Bertz CT molecular complexity index is 1360. The third kappa shape index (κ3) is 4.11. The van der Waals surface area contributed by atoms with Gasteiger partial charge in [0.2, 0.25) is 5.91 Å². The number of carbonyl (C=O) groups is 1. The second-order valence-electron chi connectivity index (χ2n) is 7.66. The Morgan fingerprint density at radius 3 is 2.82 bits per heavy atom. The van der Waals surface area contributed by atoms with Crippen LogP contribution in [0.1, 0.15) is 18.9 Å². The van der Waals surface area contributed by atoms with Crippen molar-refractivity contribution in [1.29, 1.82) is 0 Å². The fourth-order valence-electron chi connectivity index (χ4n) is 4.05. The molecule has 0 unspecified atom stereocenters. The molecule has 2 aromatic heterocycles. The smallest absolute Gasteiger partial charge is 0.269 e. The number of para-hydroxylation sites is 1. The molecule has 1 amide bonds. The van der Waals surface area contributed by atoms with Gasteiger partial charge >= 0.3 is 0 Å². The number of aromatic amines is 1. The zero-order valence-corrected chi connectivity index (χ0v) is 19.0. The topological polar surface area (TPSA) is 93.1 Å². The Hall–Kier alpha value is -3.59. The summed E-state index contributed by atoms with van der Waals surface area (Å²) < 4.78 is 7.04. The summed E-state index contributed by atoms with van der Waals surface area (Å²) in [5.74, 6) is 0.876. The number of carbonyl (C=O) groups excluding carboxylic acids is 1. The molecule has 0 spiro atoms. The van der Waals surface area contributed by atoms with Crippen LogP contribution in [0, 0.1) is 0 Å². The molecule has 1 aliphatic rings. The highest BCUT2D eigenvalue weighted by Crippen LogP contribution is 2.28. The molecule has 8 nitrogen and oxygen atoms in total. The normalized spacial score (nSPS) is 13.2. The molecule has 33 heavy (non-hydrogen) atoms. The lowest BCUT2D eigenvalue weighted by Crippen LogP contribution is -2.36. The maximum absolute atomic E-state index is 13.3. The van der Waals surface area contributed by atoms with E-state index in [0.717, 1.165) is 24.3 Å². The van der Waals surface area contributed by atoms with Crippen molar-refractivity contribution in [2.24, 2.45) is 0 Å². The second-order valence-corrected chi connectivity index (χ2v) is 8.60. The predicted octanol–water partition coefficient (Wildman–Crippen LogP) is 3.58. The molecule has 1 N–H and O–H groups in total. The van der Waals surface area contributed by atoms with Gasteiger partial charge in [-0.25, -0.2) is 4.98 Å². The summed E-state index contributed by atoms with van der Waals surface area (Å²) in [5.41, 5.74) is 2.97. The van der Waals surface area contributed by atoms with E-state index in [4.69, 9.17) is 4.74 Å². The number of ether oxygens (including phenoxy) is 1. The number of anilines is 1. The molecule has 2 aromatic carbocycles. The van der Waals surface area contributed by atoms with Gasteiger partial charge in [-0.15, -0.1) is 0 Å². The van der Waals surface area contributed by atoms with Crippen LogP contribution in [-0.4, -0.2) is 44.6 Å². The summed E-state index contributed by atoms with van der Waals surface area (Å²) >= 11 is 1.25. The number of nitrogens with one attached hydrogen (secondary N) is 1. The van der Waals surface area contributed by atoms with E-state index in [-0.39, 0.29) is 17.2 Å². The minimum atomic E-state index is -0.240. The Labute approximate surface area is 194 Å². The van der Waals surface area contributed by atoms with Gasteiger partial charge in [0.15, 0.2) is 10.8 Å². The first-order chi connectivity index (χ1) is 16.2. The molecule has 1 aliphatic heterocycles. The van der Waals surface area contributed by atoms with Crippen LogP contribution < -0.4 is 15.2 Å². The monoisotopic (exact) mass is 461 g/mol. The zero-order valence-electron chi connectivity index (χ0n) is 18.2. The SMILES string of the molecule is CCOc1ccc(-n2c(SCC(=O)N3CCCc4ccccc43)nc3[nH]ncc3c2=O)cc1. The average molecular weight is 462 g/mol. The van der Waals surface area contributed by atoms with Gasteiger partial charge in [-0.05, 0) is 55.7 Å². The first-order valence-corrected chi connectivity index (χ1v) is 11.8. The van der Waals surface area contributed by atoms with E-state index in [2.05, 4.69) is 21.2 Å². The van der Waals surface area contributed by atoms with Gasteiger partial charge < -0.3 is 9.64 Å². The predicted molar refractivity (Wildman–Crippen MR) is 128 cm³/mol. The molecule has 5 rings (SSSR count). The van der Waals surface area contributed by atoms with E-state index >= 15 is 0 Å². The van der Waals surface area contributed by atoms with Gasteiger partial charge in [0.25, 0.3) is 5.56 Å². The molecule has 0 aliphatic carbocycles. The Balaban J connectivity index is 1.46. The maximum Gasteiger partial charge on any atom is 0.269 e. The standard InChI is InChI=1S/C24H23N5O3S/c1-2-32-18-11-9-17(10-12-18)29-23(31)19-14-25-27-22(19)26-24(29)33-15-21(30)28-13-5-7-16-6-3-4-8-20(16)28/h3-4,6,8-12,14H,2,5,7,13,15H2,1H3,(H,25,27). The minimum absolute atomic E-state index is 0.00986. The van der Waals surface area contributed by atoms with Gasteiger partial charge in [0.05, 0.1) is 24.2 Å². The van der Waals surface area contributed by atoms with Crippen LogP contribution in [0.25, 0.3) is 16.7 Å². The Kier molecular flexibility index (Phi) is 5.87. The van der Waals surface area contributed by atoms with Crippen molar-refractivity contribution < 1.29 is 9.53 Å². The van der Waals surface area contributed by atoms with Crippen LogP contribution in [-0.2, 0) is 11.2 Å². The van der Waals surface area contributed by atoms with Gasteiger partial charge in [0, 0.05) is 12.2 Å². The number of hydrogen-bond donors (Lipinski definition) is 1. The van der Waals surface area contributed by atoms with Crippen LogP contribution in [0.5, 0.6) is 5.75 Å². The van der Waals surface area contributed by atoms with Crippen LogP contribution in [0.4, 0.5) is 5.69 Å². The number of nitrogens with zero attached hydrogens (tertiary/aromatic N) is 4. The van der Waals surface area contributed by atoms with Crippen molar-refractivity contribution in [3.05, 3.63) is 70.6 Å². The lowest BCUT2D eigenvalue weighted by Gasteiger charge is -2.29. The van der Waals surface area contributed by atoms with Gasteiger partial charge in [-0.3, -0.25) is 19.3 Å². The first kappa shape index (κ1) is 21.3. The van der Waals surface area contributed by atoms with Gasteiger partial charge in [0.1, 0.15) is 11.1 Å². The molecule has 3 heterocycles. The fraction of sp³-hybridized carbons (Fsp3) is 0.250. The number of aromatic nitrogens is 4. The van der Waals surface area contributed by atoms with Crippen LogP contribution in [0.15, 0.2) is 64.7 Å². The summed E-state index contributed by atoms with van der Waals surface area (Å²) in [6, 6.07) is 15.3. The number of H-pyrrole nitrogens is 1. The minimum Gasteiger partial charge on any atom is -0.494 e. The number of fused-ring (bicyclic) bond motifs is 2. The molecule has 0 radical (unpaired) electrons. The number of thioether (sulfide) groups is 1. The van der Waals surface area contributed by atoms with E-state index in [1.807, 2.05) is 54.3 Å². The van der Waals surface area contributed by atoms with E-state index in [0.29, 0.717) is 35.0 Å². The van der Waals surface area contributed by atoms with Crippen molar-refractivity contribution in [2.75, 3.05) is 23.8 Å². The lowest BCUT2D eigenvalue weighted by atomic mass is 10.0. The maximum atomic E-state index is 13.3. The van der Waals surface area contributed by atoms with E-state index in [9.17, 15) is 9.59 Å². The number of aryl methyl sites for hydroxylation is 1. The second kappa shape index (κ2) is 9.11. The highest BCUT2D eigenvalue weighted by atomic mass is 32.2. The van der Waals surface area contributed by atoms with E-state index in [1.54, 1.807) is 0 Å². The summed E-state index contributed by atoms with van der Waals surface area (Å²) in [7, 11) is 0. The quantitative estimate of drug-likeness (QED) is 0.349. The third-order valence-corrected chi connectivity index (χ3v) is 6.52. The fourth-order valence-corrected chi connectivity index (χ4v) is 4.94. The molecule has 168 valence electrons. The molecule has 9 heteroatoms. The van der Waals surface area contributed by atoms with Gasteiger partial charge in [-0.1, -0.05) is 30.0 Å². The molecule has 0 saturated heterocycles.